The maximum atomic E-state index is 8.59. The number of hydrogen-bond donors (Lipinski definition) is 2. The van der Waals surface area contributed by atoms with Crippen molar-refractivity contribution in [2.24, 2.45) is 0 Å². The van der Waals surface area contributed by atoms with Crippen molar-refractivity contribution in [3.8, 4) is 0 Å². The molecule has 0 radical (unpaired) electrons. The number of aliphatic hydroxyl groups excluding tert-OH is 1. The molecule has 0 saturated carbocycles. The Morgan fingerprint density at radius 1 is 1.70 bits per heavy atom. The molecular weight excluding hydrogens is 130 g/mol. The van der Waals surface area contributed by atoms with Gasteiger partial charge in [-0.25, -0.2) is 0 Å². The summed E-state index contributed by atoms with van der Waals surface area (Å²) >= 11 is 0. The van der Waals surface area contributed by atoms with Gasteiger partial charge in [0, 0.05) is 19.2 Å². The van der Waals surface area contributed by atoms with E-state index in [1.807, 2.05) is 6.92 Å². The van der Waals surface area contributed by atoms with E-state index in [1.165, 1.54) is 0 Å². The molecule has 0 amide bonds. The normalized spacial score (nSPS) is 34.2. The van der Waals surface area contributed by atoms with Crippen LogP contribution in [0.5, 0.6) is 0 Å². The van der Waals surface area contributed by atoms with Gasteiger partial charge >= 0.3 is 0 Å². The predicted molar refractivity (Wildman–Crippen MR) is 38.9 cm³/mol. The summed E-state index contributed by atoms with van der Waals surface area (Å²) in [5, 5.41) is 11.9. The van der Waals surface area contributed by atoms with E-state index >= 15 is 0 Å². The zero-order valence-corrected chi connectivity index (χ0v) is 6.34. The van der Waals surface area contributed by atoms with Crippen LogP contribution in [0.3, 0.4) is 0 Å². The van der Waals surface area contributed by atoms with E-state index in [-0.39, 0.29) is 6.61 Å². The molecule has 0 unspecified atom stereocenters. The van der Waals surface area contributed by atoms with E-state index < -0.39 is 0 Å². The molecule has 0 aromatic heterocycles. The largest absolute Gasteiger partial charge is 0.396 e. The molecule has 0 aromatic carbocycles. The summed E-state index contributed by atoms with van der Waals surface area (Å²) in [7, 11) is 0. The molecule has 2 N–H and O–H groups in total. The highest BCUT2D eigenvalue weighted by Gasteiger charge is 2.16. The molecule has 3 nitrogen and oxygen atoms in total. The van der Waals surface area contributed by atoms with Gasteiger partial charge in [0.1, 0.15) is 0 Å². The lowest BCUT2D eigenvalue weighted by molar-refractivity contribution is 0.00995. The minimum Gasteiger partial charge on any atom is -0.396 e. The first kappa shape index (κ1) is 7.98. The van der Waals surface area contributed by atoms with Gasteiger partial charge in [-0.05, 0) is 13.3 Å². The first-order valence-corrected chi connectivity index (χ1v) is 3.78. The fourth-order valence-electron chi connectivity index (χ4n) is 1.07. The van der Waals surface area contributed by atoms with Crippen LogP contribution in [0.4, 0.5) is 0 Å². The van der Waals surface area contributed by atoms with Gasteiger partial charge in [-0.3, -0.25) is 0 Å². The fourth-order valence-corrected chi connectivity index (χ4v) is 1.07. The maximum absolute atomic E-state index is 8.59. The topological polar surface area (TPSA) is 41.5 Å². The van der Waals surface area contributed by atoms with Crippen molar-refractivity contribution in [2.45, 2.75) is 25.5 Å². The molecule has 60 valence electrons. The van der Waals surface area contributed by atoms with Gasteiger partial charge in [-0.1, -0.05) is 0 Å². The SMILES string of the molecule is C[C@H]1CN[C@H](CCO)CO1. The van der Waals surface area contributed by atoms with Crippen molar-refractivity contribution < 1.29 is 9.84 Å². The Hall–Kier alpha value is -0.120. The van der Waals surface area contributed by atoms with Gasteiger partial charge in [0.15, 0.2) is 0 Å². The quantitative estimate of drug-likeness (QED) is 0.563. The number of aliphatic hydroxyl groups is 1. The zero-order chi connectivity index (χ0) is 7.40. The van der Waals surface area contributed by atoms with E-state index in [0.717, 1.165) is 19.6 Å². The van der Waals surface area contributed by atoms with Crippen LogP contribution in [-0.4, -0.2) is 37.0 Å². The average Bonchev–Trinajstić information content (AvgIpc) is 1.95. The molecular formula is C7H15NO2. The number of morpholine rings is 1. The van der Waals surface area contributed by atoms with E-state index in [2.05, 4.69) is 5.32 Å². The maximum Gasteiger partial charge on any atom is 0.0672 e. The summed E-state index contributed by atoms with van der Waals surface area (Å²) in [4.78, 5) is 0. The summed E-state index contributed by atoms with van der Waals surface area (Å²) in [5.74, 6) is 0. The van der Waals surface area contributed by atoms with Crippen LogP contribution in [0.25, 0.3) is 0 Å². The number of rotatable bonds is 2. The molecule has 0 aromatic rings. The Morgan fingerprint density at radius 3 is 3.00 bits per heavy atom. The van der Waals surface area contributed by atoms with Crippen molar-refractivity contribution in [1.29, 1.82) is 0 Å². The molecule has 3 heteroatoms. The first-order valence-electron chi connectivity index (χ1n) is 3.78. The van der Waals surface area contributed by atoms with Crippen molar-refractivity contribution in [1.82, 2.24) is 5.32 Å². The third-order valence-electron chi connectivity index (χ3n) is 1.75. The van der Waals surface area contributed by atoms with E-state index in [4.69, 9.17) is 9.84 Å². The monoisotopic (exact) mass is 145 g/mol. The molecule has 2 atom stereocenters. The highest BCUT2D eigenvalue weighted by Crippen LogP contribution is 2.02. The molecule has 1 saturated heterocycles. The second-order valence-corrected chi connectivity index (χ2v) is 2.76. The predicted octanol–water partition coefficient (Wildman–Crippen LogP) is -0.254. The van der Waals surface area contributed by atoms with Crippen molar-refractivity contribution in [3.05, 3.63) is 0 Å². The minimum absolute atomic E-state index is 0.245. The Kier molecular flexibility index (Phi) is 3.12. The summed E-state index contributed by atoms with van der Waals surface area (Å²) in [6.07, 6.45) is 1.13. The second kappa shape index (κ2) is 3.91. The second-order valence-electron chi connectivity index (χ2n) is 2.76. The van der Waals surface area contributed by atoms with Gasteiger partial charge in [-0.15, -0.1) is 0 Å². The molecule has 10 heavy (non-hydrogen) atoms. The van der Waals surface area contributed by atoms with Gasteiger partial charge in [-0.2, -0.15) is 0 Å². The van der Waals surface area contributed by atoms with Crippen molar-refractivity contribution in [2.75, 3.05) is 19.8 Å². The summed E-state index contributed by atoms with van der Waals surface area (Å²) in [6, 6.07) is 0.362. The number of nitrogens with one attached hydrogen (secondary N) is 1. The van der Waals surface area contributed by atoms with E-state index in [9.17, 15) is 0 Å². The lowest BCUT2D eigenvalue weighted by Gasteiger charge is -2.27. The Balaban J connectivity index is 2.13. The molecule has 0 aliphatic carbocycles. The summed E-state index contributed by atoms with van der Waals surface area (Å²) in [5.41, 5.74) is 0. The molecule has 1 aliphatic rings. The highest BCUT2D eigenvalue weighted by molar-refractivity contribution is 4.72. The highest BCUT2D eigenvalue weighted by atomic mass is 16.5. The summed E-state index contributed by atoms with van der Waals surface area (Å²) < 4.78 is 5.37. The van der Waals surface area contributed by atoms with Crippen molar-refractivity contribution >= 4 is 0 Å². The van der Waals surface area contributed by atoms with Crippen LogP contribution >= 0.6 is 0 Å². The average molecular weight is 145 g/mol. The van der Waals surface area contributed by atoms with E-state index in [0.29, 0.717) is 12.1 Å². The van der Waals surface area contributed by atoms with Gasteiger partial charge in [0.2, 0.25) is 0 Å². The number of hydrogen-bond acceptors (Lipinski definition) is 3. The van der Waals surface area contributed by atoms with E-state index in [1.54, 1.807) is 0 Å². The molecule has 1 rings (SSSR count). The van der Waals surface area contributed by atoms with Gasteiger partial charge in [0.05, 0.1) is 12.7 Å². The first-order chi connectivity index (χ1) is 4.83. The molecule has 1 fully saturated rings. The minimum atomic E-state index is 0.245. The lowest BCUT2D eigenvalue weighted by atomic mass is 10.2. The van der Waals surface area contributed by atoms with Crippen molar-refractivity contribution in [3.63, 3.8) is 0 Å². The molecule has 0 bridgehead atoms. The fraction of sp³-hybridized carbons (Fsp3) is 1.00. The third kappa shape index (κ3) is 2.25. The van der Waals surface area contributed by atoms with Crippen LogP contribution < -0.4 is 5.32 Å². The molecule has 1 heterocycles. The molecule has 1 aliphatic heterocycles. The lowest BCUT2D eigenvalue weighted by Crippen LogP contribution is -2.45. The standard InChI is InChI=1S/C7H15NO2/c1-6-4-8-7(2-3-9)5-10-6/h6-9H,2-5H2,1H3/t6-,7+/m0/s1. The third-order valence-corrected chi connectivity index (χ3v) is 1.75. The van der Waals surface area contributed by atoms with Gasteiger partial charge in [0.25, 0.3) is 0 Å². The van der Waals surface area contributed by atoms with Crippen LogP contribution in [0.1, 0.15) is 13.3 Å². The Morgan fingerprint density at radius 2 is 2.50 bits per heavy atom. The van der Waals surface area contributed by atoms with Crippen LogP contribution in [0.2, 0.25) is 0 Å². The van der Waals surface area contributed by atoms with Crippen LogP contribution in [-0.2, 0) is 4.74 Å². The number of ether oxygens (including phenoxy) is 1. The zero-order valence-electron chi connectivity index (χ0n) is 6.34. The summed E-state index contributed by atoms with van der Waals surface area (Å²) in [6.45, 7) is 3.93. The smallest absolute Gasteiger partial charge is 0.0672 e. The Labute approximate surface area is 61.4 Å². The molecule has 0 spiro atoms. The van der Waals surface area contributed by atoms with Crippen LogP contribution in [0, 0.1) is 0 Å². The van der Waals surface area contributed by atoms with Gasteiger partial charge < -0.3 is 15.2 Å². The Bertz CT molecular complexity index is 89.6. The van der Waals surface area contributed by atoms with Crippen LogP contribution in [0.15, 0.2) is 0 Å².